The van der Waals surface area contributed by atoms with Gasteiger partial charge >= 0.3 is 0 Å². The van der Waals surface area contributed by atoms with E-state index < -0.39 is 0 Å². The van der Waals surface area contributed by atoms with Gasteiger partial charge in [0.25, 0.3) is 5.91 Å². The second-order valence-electron chi connectivity index (χ2n) is 4.84. The van der Waals surface area contributed by atoms with Crippen LogP contribution in [0, 0.1) is 0 Å². The first-order chi connectivity index (χ1) is 9.74. The molecular formula is C16H15ClN2O. The van der Waals surface area contributed by atoms with Crippen LogP contribution in [0.2, 0.25) is 5.02 Å². The summed E-state index contributed by atoms with van der Waals surface area (Å²) in [6, 6.07) is 13.0. The molecule has 2 N–H and O–H groups in total. The Bertz CT molecular complexity index is 655. The van der Waals surface area contributed by atoms with Crippen LogP contribution in [0.4, 0.5) is 11.4 Å². The fraction of sp³-hybridized carbons (Fsp3) is 0.188. The second-order valence-corrected chi connectivity index (χ2v) is 5.24. The molecule has 3 nitrogen and oxygen atoms in total. The van der Waals surface area contributed by atoms with E-state index in [1.54, 1.807) is 18.2 Å². The first-order valence-electron chi connectivity index (χ1n) is 6.67. The molecule has 1 heterocycles. The van der Waals surface area contributed by atoms with Gasteiger partial charge in [-0.05, 0) is 42.7 Å². The lowest BCUT2D eigenvalue weighted by Gasteiger charge is -2.19. The van der Waals surface area contributed by atoms with Gasteiger partial charge in [0, 0.05) is 17.9 Å². The van der Waals surface area contributed by atoms with Crippen molar-refractivity contribution in [2.24, 2.45) is 0 Å². The lowest BCUT2D eigenvalue weighted by Crippen LogP contribution is -2.15. The minimum Gasteiger partial charge on any atom is -0.385 e. The summed E-state index contributed by atoms with van der Waals surface area (Å²) in [7, 11) is 0. The Labute approximate surface area is 123 Å². The summed E-state index contributed by atoms with van der Waals surface area (Å²) < 4.78 is 0. The molecule has 0 radical (unpaired) electrons. The second kappa shape index (κ2) is 5.55. The molecule has 0 aliphatic carbocycles. The third-order valence-electron chi connectivity index (χ3n) is 3.42. The molecule has 0 aromatic heterocycles. The third kappa shape index (κ3) is 2.63. The topological polar surface area (TPSA) is 41.1 Å². The molecule has 1 amide bonds. The Hall–Kier alpha value is -2.00. The van der Waals surface area contributed by atoms with E-state index in [4.69, 9.17) is 11.6 Å². The highest BCUT2D eigenvalue weighted by atomic mass is 35.5. The summed E-state index contributed by atoms with van der Waals surface area (Å²) >= 11 is 6.03. The van der Waals surface area contributed by atoms with Gasteiger partial charge in [0.1, 0.15) is 0 Å². The number of halogens is 1. The minimum absolute atomic E-state index is 0.189. The number of aryl methyl sites for hydroxylation is 1. The van der Waals surface area contributed by atoms with E-state index in [2.05, 4.69) is 16.7 Å². The quantitative estimate of drug-likeness (QED) is 0.878. The van der Waals surface area contributed by atoms with Crippen molar-refractivity contribution in [3.05, 3.63) is 58.6 Å². The molecule has 3 rings (SSSR count). The molecule has 20 heavy (non-hydrogen) atoms. The number of hydrogen-bond acceptors (Lipinski definition) is 2. The molecule has 0 spiro atoms. The van der Waals surface area contributed by atoms with Crippen molar-refractivity contribution >= 4 is 28.9 Å². The van der Waals surface area contributed by atoms with Gasteiger partial charge in [-0.15, -0.1) is 0 Å². The molecule has 0 fully saturated rings. The van der Waals surface area contributed by atoms with Crippen LogP contribution in [0.3, 0.4) is 0 Å². The predicted molar refractivity (Wildman–Crippen MR) is 82.7 cm³/mol. The van der Waals surface area contributed by atoms with Crippen LogP contribution in [0.15, 0.2) is 42.5 Å². The summed E-state index contributed by atoms with van der Waals surface area (Å²) in [6.45, 7) is 0.981. The number of anilines is 2. The van der Waals surface area contributed by atoms with Crippen molar-refractivity contribution in [2.75, 3.05) is 17.2 Å². The molecule has 0 atom stereocenters. The van der Waals surface area contributed by atoms with Crippen molar-refractivity contribution in [1.29, 1.82) is 0 Å². The van der Waals surface area contributed by atoms with E-state index in [0.717, 1.165) is 30.8 Å². The van der Waals surface area contributed by atoms with Gasteiger partial charge in [-0.1, -0.05) is 29.8 Å². The Morgan fingerprint density at radius 3 is 2.90 bits per heavy atom. The first-order valence-corrected chi connectivity index (χ1v) is 7.04. The molecular weight excluding hydrogens is 272 g/mol. The number of amides is 1. The van der Waals surface area contributed by atoms with E-state index in [9.17, 15) is 4.79 Å². The number of benzene rings is 2. The van der Waals surface area contributed by atoms with Crippen LogP contribution in [-0.2, 0) is 6.42 Å². The van der Waals surface area contributed by atoms with Crippen LogP contribution in [0.5, 0.6) is 0 Å². The molecule has 2 aromatic carbocycles. The predicted octanol–water partition coefficient (Wildman–Crippen LogP) is 3.95. The molecule has 0 unspecified atom stereocenters. The normalized spacial score (nSPS) is 13.2. The third-order valence-corrected chi connectivity index (χ3v) is 3.75. The van der Waals surface area contributed by atoms with Crippen LogP contribution in [0.1, 0.15) is 22.3 Å². The van der Waals surface area contributed by atoms with Gasteiger partial charge in [0.2, 0.25) is 0 Å². The highest BCUT2D eigenvalue weighted by Gasteiger charge is 2.12. The van der Waals surface area contributed by atoms with Gasteiger partial charge < -0.3 is 10.6 Å². The van der Waals surface area contributed by atoms with E-state index in [-0.39, 0.29) is 5.91 Å². The lowest BCUT2D eigenvalue weighted by molar-refractivity contribution is 0.102. The van der Waals surface area contributed by atoms with E-state index in [0.29, 0.717) is 10.6 Å². The van der Waals surface area contributed by atoms with Gasteiger partial charge in [-0.3, -0.25) is 4.79 Å². The molecule has 4 heteroatoms. The van der Waals surface area contributed by atoms with Crippen LogP contribution < -0.4 is 10.6 Å². The molecule has 0 saturated carbocycles. The fourth-order valence-electron chi connectivity index (χ4n) is 2.38. The molecule has 2 aromatic rings. The Kier molecular flexibility index (Phi) is 3.61. The van der Waals surface area contributed by atoms with Crippen LogP contribution in [-0.4, -0.2) is 12.5 Å². The van der Waals surface area contributed by atoms with Crippen molar-refractivity contribution in [3.8, 4) is 0 Å². The van der Waals surface area contributed by atoms with Gasteiger partial charge in [-0.25, -0.2) is 0 Å². The number of nitrogens with one attached hydrogen (secondary N) is 2. The molecule has 0 saturated heterocycles. The van der Waals surface area contributed by atoms with Gasteiger partial charge in [0.05, 0.1) is 10.6 Å². The maximum Gasteiger partial charge on any atom is 0.257 e. The summed E-state index contributed by atoms with van der Waals surface area (Å²) in [6.07, 6.45) is 2.24. The molecule has 1 aliphatic rings. The molecule has 1 aliphatic heterocycles. The average Bonchev–Trinajstić information content (AvgIpc) is 2.47. The van der Waals surface area contributed by atoms with E-state index >= 15 is 0 Å². The minimum atomic E-state index is -0.189. The van der Waals surface area contributed by atoms with Crippen LogP contribution in [0.25, 0.3) is 0 Å². The van der Waals surface area contributed by atoms with Crippen molar-refractivity contribution in [3.63, 3.8) is 0 Å². The Balaban J connectivity index is 1.81. The highest BCUT2D eigenvalue weighted by molar-refractivity contribution is 6.34. The number of rotatable bonds is 2. The largest absolute Gasteiger partial charge is 0.385 e. The number of carbonyl (C=O) groups excluding carboxylic acids is 1. The average molecular weight is 287 g/mol. The van der Waals surface area contributed by atoms with Crippen molar-refractivity contribution < 1.29 is 4.79 Å². The fourth-order valence-corrected chi connectivity index (χ4v) is 2.60. The summed E-state index contributed by atoms with van der Waals surface area (Å²) in [5.41, 5.74) is 3.67. The summed E-state index contributed by atoms with van der Waals surface area (Å²) in [5.74, 6) is -0.189. The molecule has 0 bridgehead atoms. The zero-order valence-electron chi connectivity index (χ0n) is 10.9. The number of fused-ring (bicyclic) bond motifs is 1. The molecule has 102 valence electrons. The smallest absolute Gasteiger partial charge is 0.257 e. The zero-order valence-corrected chi connectivity index (χ0v) is 11.7. The number of hydrogen-bond donors (Lipinski definition) is 2. The zero-order chi connectivity index (χ0) is 13.9. The standard InChI is InChI=1S/C16H15ClN2O/c17-14-6-2-1-5-13(14)16(20)19-12-8-7-11-4-3-9-18-15(11)10-12/h1-2,5-8,10,18H,3-4,9H2,(H,19,20). The maximum atomic E-state index is 12.2. The van der Waals surface area contributed by atoms with E-state index in [1.165, 1.54) is 5.56 Å². The van der Waals surface area contributed by atoms with Crippen molar-refractivity contribution in [2.45, 2.75) is 12.8 Å². The SMILES string of the molecule is O=C(Nc1ccc2c(c1)NCCC2)c1ccccc1Cl. The van der Waals surface area contributed by atoms with Crippen LogP contribution >= 0.6 is 11.6 Å². The van der Waals surface area contributed by atoms with Gasteiger partial charge in [-0.2, -0.15) is 0 Å². The number of carbonyl (C=O) groups is 1. The Morgan fingerprint density at radius 2 is 2.05 bits per heavy atom. The summed E-state index contributed by atoms with van der Waals surface area (Å²) in [5, 5.41) is 6.70. The Morgan fingerprint density at radius 1 is 1.20 bits per heavy atom. The summed E-state index contributed by atoms with van der Waals surface area (Å²) in [4.78, 5) is 12.2. The maximum absolute atomic E-state index is 12.2. The highest BCUT2D eigenvalue weighted by Crippen LogP contribution is 2.26. The van der Waals surface area contributed by atoms with Gasteiger partial charge in [0.15, 0.2) is 0 Å². The monoisotopic (exact) mass is 286 g/mol. The first kappa shape index (κ1) is 13.0. The van der Waals surface area contributed by atoms with Crippen molar-refractivity contribution in [1.82, 2.24) is 0 Å². The lowest BCUT2D eigenvalue weighted by atomic mass is 10.0. The van der Waals surface area contributed by atoms with E-state index in [1.807, 2.05) is 18.2 Å².